The lowest BCUT2D eigenvalue weighted by Crippen LogP contribution is -2.17. The summed E-state index contributed by atoms with van der Waals surface area (Å²) < 4.78 is 5.84. The molecule has 18 heavy (non-hydrogen) atoms. The number of aryl methyl sites for hydroxylation is 1. The summed E-state index contributed by atoms with van der Waals surface area (Å²) in [6, 6.07) is 5.16. The van der Waals surface area contributed by atoms with Gasteiger partial charge in [-0.25, -0.2) is 0 Å². The van der Waals surface area contributed by atoms with Gasteiger partial charge in [-0.2, -0.15) is 0 Å². The zero-order chi connectivity index (χ0) is 13.0. The molecule has 1 aliphatic carbocycles. The summed E-state index contributed by atoms with van der Waals surface area (Å²) in [5.74, 6) is 0. The molecule has 0 aliphatic heterocycles. The molecule has 0 N–H and O–H groups in total. The first-order chi connectivity index (χ1) is 8.68. The molecule has 4 heteroatoms. The molecule has 1 aliphatic rings. The van der Waals surface area contributed by atoms with Crippen molar-refractivity contribution in [2.45, 2.75) is 51.7 Å². The van der Waals surface area contributed by atoms with Gasteiger partial charge in [-0.1, -0.05) is 31.4 Å². The SMILES string of the molecule is Cc1cccc([N+](=O)[O-])c1COC1CCCCC1. The molecule has 0 radical (unpaired) electrons. The predicted octanol–water partition coefficient (Wildman–Crippen LogP) is 3.75. The van der Waals surface area contributed by atoms with E-state index in [1.807, 2.05) is 13.0 Å². The van der Waals surface area contributed by atoms with E-state index in [0.717, 1.165) is 18.4 Å². The number of rotatable bonds is 4. The average Bonchev–Trinajstić information content (AvgIpc) is 2.38. The fraction of sp³-hybridized carbons (Fsp3) is 0.571. The Labute approximate surface area is 107 Å². The van der Waals surface area contributed by atoms with E-state index in [0.29, 0.717) is 12.2 Å². The lowest BCUT2D eigenvalue weighted by atomic mass is 9.97. The van der Waals surface area contributed by atoms with Crippen LogP contribution < -0.4 is 0 Å². The smallest absolute Gasteiger partial charge is 0.275 e. The summed E-state index contributed by atoms with van der Waals surface area (Å²) >= 11 is 0. The predicted molar refractivity (Wildman–Crippen MR) is 69.5 cm³/mol. The van der Waals surface area contributed by atoms with Gasteiger partial charge in [-0.05, 0) is 25.3 Å². The highest BCUT2D eigenvalue weighted by Crippen LogP contribution is 2.26. The van der Waals surface area contributed by atoms with Gasteiger partial charge in [0, 0.05) is 6.07 Å². The summed E-state index contributed by atoms with van der Waals surface area (Å²) in [5, 5.41) is 11.0. The van der Waals surface area contributed by atoms with E-state index in [4.69, 9.17) is 4.74 Å². The van der Waals surface area contributed by atoms with E-state index >= 15 is 0 Å². The summed E-state index contributed by atoms with van der Waals surface area (Å²) in [7, 11) is 0. The van der Waals surface area contributed by atoms with Gasteiger partial charge in [0.1, 0.15) is 0 Å². The summed E-state index contributed by atoms with van der Waals surface area (Å²) in [4.78, 5) is 10.6. The number of benzene rings is 1. The van der Waals surface area contributed by atoms with Crippen LogP contribution in [0.4, 0.5) is 5.69 Å². The second-order valence-corrected chi connectivity index (χ2v) is 4.90. The lowest BCUT2D eigenvalue weighted by molar-refractivity contribution is -0.386. The topological polar surface area (TPSA) is 52.4 Å². The Kier molecular flexibility index (Phi) is 4.31. The average molecular weight is 249 g/mol. The molecule has 0 heterocycles. The molecular weight excluding hydrogens is 230 g/mol. The van der Waals surface area contributed by atoms with Crippen LogP contribution in [0.15, 0.2) is 18.2 Å². The van der Waals surface area contributed by atoms with Crippen LogP contribution >= 0.6 is 0 Å². The van der Waals surface area contributed by atoms with Crippen LogP contribution in [0.1, 0.15) is 43.2 Å². The molecule has 2 rings (SSSR count). The Bertz CT molecular complexity index is 425. The van der Waals surface area contributed by atoms with Gasteiger partial charge in [-0.15, -0.1) is 0 Å². The molecule has 1 saturated carbocycles. The van der Waals surface area contributed by atoms with Crippen LogP contribution in [0, 0.1) is 17.0 Å². The van der Waals surface area contributed by atoms with E-state index < -0.39 is 0 Å². The number of nitro benzene ring substituents is 1. The lowest BCUT2D eigenvalue weighted by Gasteiger charge is -2.22. The number of hydrogen-bond acceptors (Lipinski definition) is 3. The minimum atomic E-state index is -0.327. The Morgan fingerprint density at radius 2 is 2.06 bits per heavy atom. The van der Waals surface area contributed by atoms with Crippen LogP contribution in [0.5, 0.6) is 0 Å². The first kappa shape index (κ1) is 13.0. The molecule has 0 unspecified atom stereocenters. The van der Waals surface area contributed by atoms with Crippen molar-refractivity contribution < 1.29 is 9.66 Å². The van der Waals surface area contributed by atoms with Crippen molar-refractivity contribution in [2.24, 2.45) is 0 Å². The van der Waals surface area contributed by atoms with Gasteiger partial charge >= 0.3 is 0 Å². The molecule has 98 valence electrons. The Balaban J connectivity index is 2.05. The maximum Gasteiger partial charge on any atom is 0.275 e. The highest BCUT2D eigenvalue weighted by Gasteiger charge is 2.19. The van der Waals surface area contributed by atoms with Crippen LogP contribution in [0.2, 0.25) is 0 Å². The number of nitrogens with zero attached hydrogens (tertiary/aromatic N) is 1. The van der Waals surface area contributed by atoms with Crippen molar-refractivity contribution in [1.82, 2.24) is 0 Å². The number of ether oxygens (including phenoxy) is 1. The molecule has 1 aromatic rings. The van der Waals surface area contributed by atoms with E-state index in [2.05, 4.69) is 0 Å². The number of nitro groups is 1. The van der Waals surface area contributed by atoms with Crippen molar-refractivity contribution >= 4 is 5.69 Å². The van der Waals surface area contributed by atoms with Gasteiger partial charge in [0.05, 0.1) is 23.2 Å². The maximum atomic E-state index is 11.0. The molecule has 0 saturated heterocycles. The molecule has 0 bridgehead atoms. The molecule has 0 atom stereocenters. The minimum Gasteiger partial charge on any atom is -0.373 e. The van der Waals surface area contributed by atoms with Crippen molar-refractivity contribution in [1.29, 1.82) is 0 Å². The molecule has 0 aromatic heterocycles. The first-order valence-electron chi connectivity index (χ1n) is 6.53. The molecule has 1 aromatic carbocycles. The Morgan fingerprint density at radius 1 is 1.33 bits per heavy atom. The minimum absolute atomic E-state index is 0.172. The van der Waals surface area contributed by atoms with E-state index in [9.17, 15) is 10.1 Å². The standard InChI is InChI=1S/C14H19NO3/c1-11-6-5-9-14(15(16)17)13(11)10-18-12-7-3-2-4-8-12/h5-6,9,12H,2-4,7-8,10H2,1H3. The van der Waals surface area contributed by atoms with Crippen molar-refractivity contribution in [2.75, 3.05) is 0 Å². The fourth-order valence-corrected chi connectivity index (χ4v) is 2.48. The fourth-order valence-electron chi connectivity index (χ4n) is 2.48. The van der Waals surface area contributed by atoms with Crippen LogP contribution in [0.3, 0.4) is 0 Å². The van der Waals surface area contributed by atoms with Crippen LogP contribution in [0.25, 0.3) is 0 Å². The third-order valence-corrected chi connectivity index (χ3v) is 3.60. The monoisotopic (exact) mass is 249 g/mol. The van der Waals surface area contributed by atoms with Gasteiger partial charge in [0.25, 0.3) is 5.69 Å². The highest BCUT2D eigenvalue weighted by molar-refractivity contribution is 5.44. The molecule has 1 fully saturated rings. The summed E-state index contributed by atoms with van der Waals surface area (Å²) in [6.07, 6.45) is 6.14. The first-order valence-corrected chi connectivity index (χ1v) is 6.53. The van der Waals surface area contributed by atoms with Crippen molar-refractivity contribution in [3.05, 3.63) is 39.4 Å². The van der Waals surface area contributed by atoms with Gasteiger partial charge in [0.2, 0.25) is 0 Å². The maximum absolute atomic E-state index is 11.0. The highest BCUT2D eigenvalue weighted by atomic mass is 16.6. The van der Waals surface area contributed by atoms with E-state index in [1.165, 1.54) is 19.3 Å². The Morgan fingerprint density at radius 3 is 2.72 bits per heavy atom. The summed E-state index contributed by atoms with van der Waals surface area (Å²) in [6.45, 7) is 2.25. The quantitative estimate of drug-likeness (QED) is 0.603. The third kappa shape index (κ3) is 3.07. The molecule has 0 amide bonds. The normalized spacial score (nSPS) is 16.7. The third-order valence-electron chi connectivity index (χ3n) is 3.60. The van der Waals surface area contributed by atoms with Crippen LogP contribution in [-0.2, 0) is 11.3 Å². The second-order valence-electron chi connectivity index (χ2n) is 4.90. The van der Waals surface area contributed by atoms with Crippen molar-refractivity contribution in [3.63, 3.8) is 0 Å². The Hall–Kier alpha value is -1.42. The largest absolute Gasteiger partial charge is 0.373 e. The second kappa shape index (κ2) is 5.96. The molecule has 4 nitrogen and oxygen atoms in total. The summed E-state index contributed by atoms with van der Waals surface area (Å²) in [5.41, 5.74) is 1.82. The van der Waals surface area contributed by atoms with Crippen molar-refractivity contribution in [3.8, 4) is 0 Å². The zero-order valence-electron chi connectivity index (χ0n) is 10.7. The number of hydrogen-bond donors (Lipinski definition) is 0. The van der Waals surface area contributed by atoms with Gasteiger partial charge < -0.3 is 4.74 Å². The van der Waals surface area contributed by atoms with E-state index in [1.54, 1.807) is 12.1 Å². The molecule has 0 spiro atoms. The van der Waals surface area contributed by atoms with E-state index in [-0.39, 0.29) is 16.7 Å². The van der Waals surface area contributed by atoms with Gasteiger partial charge in [0.15, 0.2) is 0 Å². The van der Waals surface area contributed by atoms with Crippen LogP contribution in [-0.4, -0.2) is 11.0 Å². The molecular formula is C14H19NO3. The van der Waals surface area contributed by atoms with Gasteiger partial charge in [-0.3, -0.25) is 10.1 Å². The zero-order valence-corrected chi connectivity index (χ0v) is 10.7.